The van der Waals surface area contributed by atoms with Gasteiger partial charge < -0.3 is 15.0 Å². The lowest BCUT2D eigenvalue weighted by Gasteiger charge is -2.33. The molecule has 0 amide bonds. The molecule has 17 heavy (non-hydrogen) atoms. The molecule has 2 heterocycles. The van der Waals surface area contributed by atoms with Crippen LogP contribution in [-0.2, 0) is 4.74 Å². The smallest absolute Gasteiger partial charge is 0.0469 e. The molecule has 0 aliphatic carbocycles. The Hall–Kier alpha value is -0.120. The van der Waals surface area contributed by atoms with Crippen molar-refractivity contribution in [3.05, 3.63) is 0 Å². The molecule has 2 unspecified atom stereocenters. The molecule has 2 atom stereocenters. The highest BCUT2D eigenvalue weighted by Gasteiger charge is 2.21. The monoisotopic (exact) mass is 240 g/mol. The van der Waals surface area contributed by atoms with Gasteiger partial charge in [-0.3, -0.25) is 0 Å². The first-order valence-corrected chi connectivity index (χ1v) is 7.23. The molecule has 0 bridgehead atoms. The van der Waals surface area contributed by atoms with Crippen LogP contribution in [0.15, 0.2) is 0 Å². The molecule has 0 saturated carbocycles. The van der Waals surface area contributed by atoms with E-state index < -0.39 is 0 Å². The average Bonchev–Trinajstić information content (AvgIpc) is 2.30. The second kappa shape index (κ2) is 6.72. The van der Waals surface area contributed by atoms with Gasteiger partial charge in [0, 0.05) is 32.3 Å². The van der Waals surface area contributed by atoms with Gasteiger partial charge in [0.25, 0.3) is 0 Å². The van der Waals surface area contributed by atoms with Crippen LogP contribution in [0.5, 0.6) is 0 Å². The molecule has 0 aromatic carbocycles. The van der Waals surface area contributed by atoms with E-state index in [0.717, 1.165) is 25.0 Å². The summed E-state index contributed by atoms with van der Waals surface area (Å²) < 4.78 is 5.42. The Morgan fingerprint density at radius 3 is 2.53 bits per heavy atom. The Labute approximate surface area is 106 Å². The lowest BCUT2D eigenvalue weighted by atomic mass is 9.92. The first-order chi connectivity index (χ1) is 8.24. The maximum Gasteiger partial charge on any atom is 0.0469 e. The maximum atomic E-state index is 5.42. The van der Waals surface area contributed by atoms with Crippen LogP contribution in [0.25, 0.3) is 0 Å². The minimum Gasteiger partial charge on any atom is -0.381 e. The molecule has 2 aliphatic rings. The van der Waals surface area contributed by atoms with Crippen LogP contribution in [0.3, 0.4) is 0 Å². The highest BCUT2D eigenvalue weighted by atomic mass is 16.5. The number of hydrogen-bond donors (Lipinski definition) is 1. The van der Waals surface area contributed by atoms with Crippen LogP contribution in [0.1, 0.15) is 32.6 Å². The SMILES string of the molecule is CC1CC(CN(C)CC2CCOCC2)CCN1. The van der Waals surface area contributed by atoms with Crippen molar-refractivity contribution in [2.75, 3.05) is 39.9 Å². The summed E-state index contributed by atoms with van der Waals surface area (Å²) in [5.41, 5.74) is 0. The minimum absolute atomic E-state index is 0.713. The zero-order chi connectivity index (χ0) is 12.1. The van der Waals surface area contributed by atoms with Crippen molar-refractivity contribution in [1.29, 1.82) is 0 Å². The van der Waals surface area contributed by atoms with E-state index in [-0.39, 0.29) is 0 Å². The van der Waals surface area contributed by atoms with Crippen molar-refractivity contribution in [2.24, 2.45) is 11.8 Å². The van der Waals surface area contributed by atoms with E-state index in [1.54, 1.807) is 0 Å². The van der Waals surface area contributed by atoms with Gasteiger partial charge in [0.05, 0.1) is 0 Å². The Morgan fingerprint density at radius 1 is 1.12 bits per heavy atom. The normalized spacial score (nSPS) is 31.9. The number of nitrogens with zero attached hydrogens (tertiary/aromatic N) is 1. The first-order valence-electron chi connectivity index (χ1n) is 7.23. The number of nitrogens with one attached hydrogen (secondary N) is 1. The molecule has 0 spiro atoms. The molecule has 2 fully saturated rings. The third-order valence-electron chi connectivity index (χ3n) is 4.21. The van der Waals surface area contributed by atoms with Crippen LogP contribution in [0.2, 0.25) is 0 Å². The Balaban J connectivity index is 1.66. The summed E-state index contributed by atoms with van der Waals surface area (Å²) in [5.74, 6) is 1.77. The fraction of sp³-hybridized carbons (Fsp3) is 1.00. The highest BCUT2D eigenvalue weighted by Crippen LogP contribution is 2.19. The molecule has 0 aromatic heterocycles. The van der Waals surface area contributed by atoms with Gasteiger partial charge in [-0.2, -0.15) is 0 Å². The molecule has 2 aliphatic heterocycles. The van der Waals surface area contributed by atoms with Crippen LogP contribution in [-0.4, -0.2) is 50.8 Å². The third kappa shape index (κ3) is 4.57. The van der Waals surface area contributed by atoms with E-state index in [2.05, 4.69) is 24.2 Å². The van der Waals surface area contributed by atoms with Crippen molar-refractivity contribution >= 4 is 0 Å². The van der Waals surface area contributed by atoms with Crippen molar-refractivity contribution in [3.63, 3.8) is 0 Å². The first kappa shape index (κ1) is 13.3. The van der Waals surface area contributed by atoms with Gasteiger partial charge in [-0.1, -0.05) is 0 Å². The lowest BCUT2D eigenvalue weighted by Crippen LogP contribution is -2.41. The lowest BCUT2D eigenvalue weighted by molar-refractivity contribution is 0.0530. The fourth-order valence-corrected chi connectivity index (χ4v) is 3.29. The molecule has 3 nitrogen and oxygen atoms in total. The zero-order valence-electron chi connectivity index (χ0n) is 11.5. The fourth-order valence-electron chi connectivity index (χ4n) is 3.29. The average molecular weight is 240 g/mol. The van der Waals surface area contributed by atoms with Gasteiger partial charge in [-0.25, -0.2) is 0 Å². The Kier molecular flexibility index (Phi) is 5.26. The van der Waals surface area contributed by atoms with E-state index in [1.807, 2.05) is 0 Å². The number of rotatable bonds is 4. The summed E-state index contributed by atoms with van der Waals surface area (Å²) in [4.78, 5) is 2.55. The predicted molar refractivity (Wildman–Crippen MR) is 71.2 cm³/mol. The van der Waals surface area contributed by atoms with Crippen LogP contribution in [0, 0.1) is 11.8 Å². The maximum absolute atomic E-state index is 5.42. The second-order valence-electron chi connectivity index (χ2n) is 6.02. The van der Waals surface area contributed by atoms with E-state index in [9.17, 15) is 0 Å². The van der Waals surface area contributed by atoms with Crippen molar-refractivity contribution < 1.29 is 4.74 Å². The van der Waals surface area contributed by atoms with Gasteiger partial charge >= 0.3 is 0 Å². The molecular formula is C14H28N2O. The molecule has 100 valence electrons. The summed E-state index contributed by atoms with van der Waals surface area (Å²) in [5, 5.41) is 3.53. The van der Waals surface area contributed by atoms with Crippen LogP contribution in [0.4, 0.5) is 0 Å². The van der Waals surface area contributed by atoms with Gasteiger partial charge in [-0.15, -0.1) is 0 Å². The van der Waals surface area contributed by atoms with Crippen LogP contribution < -0.4 is 5.32 Å². The zero-order valence-corrected chi connectivity index (χ0v) is 11.5. The van der Waals surface area contributed by atoms with E-state index >= 15 is 0 Å². The number of ether oxygens (including phenoxy) is 1. The summed E-state index contributed by atoms with van der Waals surface area (Å²) in [7, 11) is 2.29. The molecule has 3 heteroatoms. The van der Waals surface area contributed by atoms with Gasteiger partial charge in [0.15, 0.2) is 0 Å². The minimum atomic E-state index is 0.713. The van der Waals surface area contributed by atoms with Gasteiger partial charge in [0.1, 0.15) is 0 Å². The van der Waals surface area contributed by atoms with E-state index in [1.165, 1.54) is 45.3 Å². The molecule has 0 aromatic rings. The molecule has 0 radical (unpaired) electrons. The predicted octanol–water partition coefficient (Wildman–Crippen LogP) is 1.73. The van der Waals surface area contributed by atoms with Gasteiger partial charge in [0.2, 0.25) is 0 Å². The van der Waals surface area contributed by atoms with Crippen LogP contribution >= 0.6 is 0 Å². The molecule has 2 saturated heterocycles. The summed E-state index contributed by atoms with van der Waals surface area (Å²) >= 11 is 0. The number of hydrogen-bond acceptors (Lipinski definition) is 3. The molecular weight excluding hydrogens is 212 g/mol. The van der Waals surface area contributed by atoms with Crippen molar-refractivity contribution in [1.82, 2.24) is 10.2 Å². The Morgan fingerprint density at radius 2 is 1.82 bits per heavy atom. The highest BCUT2D eigenvalue weighted by molar-refractivity contribution is 4.78. The number of piperidine rings is 1. The topological polar surface area (TPSA) is 24.5 Å². The third-order valence-corrected chi connectivity index (χ3v) is 4.21. The standard InChI is InChI=1S/C14H28N2O/c1-12-9-14(3-6-15-12)11-16(2)10-13-4-7-17-8-5-13/h12-15H,3-11H2,1-2H3. The van der Waals surface area contributed by atoms with E-state index in [0.29, 0.717) is 6.04 Å². The molecule has 1 N–H and O–H groups in total. The summed E-state index contributed by atoms with van der Waals surface area (Å²) in [6.45, 7) is 8.01. The van der Waals surface area contributed by atoms with Crippen molar-refractivity contribution in [2.45, 2.75) is 38.6 Å². The van der Waals surface area contributed by atoms with E-state index in [4.69, 9.17) is 4.74 Å². The Bertz CT molecular complexity index is 216. The van der Waals surface area contributed by atoms with Crippen molar-refractivity contribution in [3.8, 4) is 0 Å². The quantitative estimate of drug-likeness (QED) is 0.810. The second-order valence-corrected chi connectivity index (χ2v) is 6.02. The largest absolute Gasteiger partial charge is 0.381 e. The molecule has 2 rings (SSSR count). The van der Waals surface area contributed by atoms with Gasteiger partial charge in [-0.05, 0) is 58.0 Å². The summed E-state index contributed by atoms with van der Waals surface area (Å²) in [6.07, 6.45) is 5.21. The summed E-state index contributed by atoms with van der Waals surface area (Å²) in [6, 6.07) is 0.713.